The molecule has 0 aliphatic heterocycles. The quantitative estimate of drug-likeness (QED) is 0.432. The van der Waals surface area contributed by atoms with Gasteiger partial charge >= 0.3 is 0 Å². The number of ether oxygens (including phenoxy) is 1. The number of carbonyl (C=O) groups excluding carboxylic acids is 1. The largest absolute Gasteiger partial charge is 0.497 e. The van der Waals surface area contributed by atoms with Gasteiger partial charge in [0.25, 0.3) is 2.21 Å². The van der Waals surface area contributed by atoms with Gasteiger partial charge in [-0.05, 0) is 46.9 Å². The summed E-state index contributed by atoms with van der Waals surface area (Å²) in [4.78, 5) is 12.1. The number of sulfone groups is 1. The lowest BCUT2D eigenvalue weighted by atomic mass is 10.1. The first-order chi connectivity index (χ1) is 8.26. The van der Waals surface area contributed by atoms with Crippen LogP contribution in [-0.4, -0.2) is 29.3 Å². The predicted molar refractivity (Wildman–Crippen MR) is 79.4 cm³/mol. The Morgan fingerprint density at radius 1 is 1.39 bits per heavy atom. The first-order valence-corrected chi connectivity index (χ1v) is 8.16. The zero-order valence-corrected chi connectivity index (χ0v) is 13.5. The molecule has 4 nitrogen and oxygen atoms in total. The van der Waals surface area contributed by atoms with E-state index in [4.69, 9.17) is 16.3 Å². The Kier molecular flexibility index (Phi) is 5.02. The van der Waals surface area contributed by atoms with Crippen molar-refractivity contribution in [1.29, 1.82) is 0 Å². The minimum Gasteiger partial charge on any atom is -0.497 e. The normalized spacial score (nSPS) is 14.9. The third-order valence-electron chi connectivity index (χ3n) is 2.39. The second-order valence-electron chi connectivity index (χ2n) is 3.48. The summed E-state index contributed by atoms with van der Waals surface area (Å²) in [5.74, 6) is -0.255. The number of hydrogen-bond donors (Lipinski definition) is 0. The van der Waals surface area contributed by atoms with Gasteiger partial charge in [-0.2, -0.15) is 0 Å². The van der Waals surface area contributed by atoms with Crippen LogP contribution >= 0.6 is 34.2 Å². The van der Waals surface area contributed by atoms with Crippen LogP contribution in [0.25, 0.3) is 0 Å². The summed E-state index contributed by atoms with van der Waals surface area (Å²) < 4.78 is 26.5. The van der Waals surface area contributed by atoms with Crippen molar-refractivity contribution in [2.24, 2.45) is 0 Å². The number of rotatable bonds is 5. The average Bonchev–Trinajstić information content (AvgIpc) is 2.37. The molecule has 0 aromatic heterocycles. The molecule has 0 aliphatic rings. The molecule has 1 aromatic carbocycles. The molecule has 7 heteroatoms. The summed E-state index contributed by atoms with van der Waals surface area (Å²) in [5, 5.41) is 0. The van der Waals surface area contributed by atoms with Crippen molar-refractivity contribution in [2.45, 2.75) is 9.14 Å². The molecule has 18 heavy (non-hydrogen) atoms. The van der Waals surface area contributed by atoms with Crippen LogP contribution in [0.15, 0.2) is 24.3 Å². The minimum absolute atomic E-state index is 0.193. The van der Waals surface area contributed by atoms with E-state index in [1.807, 2.05) is 0 Å². The van der Waals surface area contributed by atoms with Gasteiger partial charge in [-0.3, -0.25) is 4.79 Å². The Labute approximate surface area is 125 Å². The highest BCUT2D eigenvalue weighted by atomic mass is 127. The molecule has 0 spiro atoms. The van der Waals surface area contributed by atoms with Gasteiger partial charge in [0.15, 0.2) is 9.84 Å². The summed E-state index contributed by atoms with van der Waals surface area (Å²) in [5.41, 5.74) is 0.234. The van der Waals surface area contributed by atoms with E-state index in [0.717, 1.165) is 0 Å². The molecule has 0 radical (unpaired) electrons. The summed E-state index contributed by atoms with van der Waals surface area (Å²) >= 11 is 7.37. The van der Waals surface area contributed by atoms with Crippen molar-refractivity contribution >= 4 is 49.8 Å². The number of methoxy groups -OCH3 is 1. The van der Waals surface area contributed by atoms with Crippen LogP contribution in [0, 0.1) is 0 Å². The van der Waals surface area contributed by atoms with Gasteiger partial charge in [-0.1, -0.05) is 18.5 Å². The van der Waals surface area contributed by atoms with Crippen molar-refractivity contribution in [3.8, 4) is 5.75 Å². The highest BCUT2D eigenvalue weighted by Crippen LogP contribution is 2.35. The highest BCUT2D eigenvalue weighted by Gasteiger charge is 2.45. The van der Waals surface area contributed by atoms with Gasteiger partial charge in [0.1, 0.15) is 5.75 Å². The van der Waals surface area contributed by atoms with Crippen LogP contribution in [-0.2, 0) is 9.84 Å². The van der Waals surface area contributed by atoms with E-state index in [0.29, 0.717) is 5.75 Å². The fourth-order valence-corrected chi connectivity index (χ4v) is 3.68. The van der Waals surface area contributed by atoms with E-state index < -0.39 is 17.8 Å². The number of Topliss-reactive ketones (excluding diaryl/α,β-unsaturated/α-hetero) is 1. The smallest absolute Gasteiger partial charge is 0.257 e. The Balaban J connectivity index is 3.14. The van der Waals surface area contributed by atoms with E-state index in [2.05, 4.69) is 0 Å². The Morgan fingerprint density at radius 2 is 1.89 bits per heavy atom. The van der Waals surface area contributed by atoms with E-state index in [9.17, 15) is 13.2 Å². The average molecular weight is 403 g/mol. The summed E-state index contributed by atoms with van der Waals surface area (Å²) in [6.07, 6.45) is 0. The first-order valence-electron chi connectivity index (χ1n) is 5.05. The molecule has 1 aromatic rings. The monoisotopic (exact) mass is 402 g/mol. The molecule has 1 unspecified atom stereocenters. The van der Waals surface area contributed by atoms with Gasteiger partial charge < -0.3 is 4.74 Å². The van der Waals surface area contributed by atoms with Crippen LogP contribution in [0.5, 0.6) is 5.75 Å². The van der Waals surface area contributed by atoms with Crippen molar-refractivity contribution in [3.05, 3.63) is 29.8 Å². The van der Waals surface area contributed by atoms with E-state index in [1.165, 1.54) is 48.8 Å². The topological polar surface area (TPSA) is 60.4 Å². The number of halogens is 2. The molecular weight excluding hydrogens is 391 g/mol. The van der Waals surface area contributed by atoms with E-state index in [1.54, 1.807) is 12.1 Å². The van der Waals surface area contributed by atoms with Crippen molar-refractivity contribution < 1.29 is 17.9 Å². The highest BCUT2D eigenvalue weighted by molar-refractivity contribution is 14.1. The van der Waals surface area contributed by atoms with Crippen LogP contribution in [0.3, 0.4) is 0 Å². The van der Waals surface area contributed by atoms with E-state index >= 15 is 0 Å². The lowest BCUT2D eigenvalue weighted by molar-refractivity contribution is 0.100. The first kappa shape index (κ1) is 15.7. The zero-order chi connectivity index (χ0) is 14.0. The van der Waals surface area contributed by atoms with Gasteiger partial charge in [0.2, 0.25) is 5.78 Å². The standard InChI is InChI=1S/C11H12ClIO4S/c1-3-18(15,16)11(12,13)10(14)8-4-6-9(17-2)7-5-8/h4-7H,3H2,1-2H3. The third-order valence-corrected chi connectivity index (χ3v) is 7.49. The Morgan fingerprint density at radius 3 is 2.28 bits per heavy atom. The summed E-state index contributed by atoms with van der Waals surface area (Å²) in [7, 11) is -2.19. The molecular formula is C11H12ClIO4S. The van der Waals surface area contributed by atoms with Crippen molar-refractivity contribution in [1.82, 2.24) is 0 Å². The van der Waals surface area contributed by atoms with Gasteiger partial charge in [-0.25, -0.2) is 8.42 Å². The number of carbonyl (C=O) groups is 1. The minimum atomic E-state index is -3.69. The maximum Gasteiger partial charge on any atom is 0.257 e. The molecule has 0 saturated carbocycles. The molecule has 0 heterocycles. The number of benzene rings is 1. The molecule has 1 rings (SSSR count). The molecule has 0 amide bonds. The van der Waals surface area contributed by atoms with Crippen LogP contribution in [0.2, 0.25) is 0 Å². The zero-order valence-electron chi connectivity index (χ0n) is 9.81. The maximum absolute atomic E-state index is 12.1. The molecule has 100 valence electrons. The third kappa shape index (κ3) is 2.97. The van der Waals surface area contributed by atoms with Gasteiger partial charge in [0.05, 0.1) is 12.9 Å². The molecule has 0 aliphatic carbocycles. The van der Waals surface area contributed by atoms with E-state index in [-0.39, 0.29) is 11.3 Å². The maximum atomic E-state index is 12.1. The number of hydrogen-bond acceptors (Lipinski definition) is 4. The summed E-state index contributed by atoms with van der Waals surface area (Å²) in [6.45, 7) is 1.45. The second-order valence-corrected chi connectivity index (χ2v) is 9.68. The molecule has 0 saturated heterocycles. The fraction of sp³-hybridized carbons (Fsp3) is 0.364. The Bertz CT molecular complexity index is 537. The molecule has 0 N–H and O–H groups in total. The van der Waals surface area contributed by atoms with Crippen molar-refractivity contribution in [3.63, 3.8) is 0 Å². The number of alkyl halides is 2. The molecule has 1 atom stereocenters. The molecule has 0 fully saturated rings. The summed E-state index contributed by atoms with van der Waals surface area (Å²) in [6, 6.07) is 6.13. The van der Waals surface area contributed by atoms with Crippen LogP contribution in [0.4, 0.5) is 0 Å². The SMILES string of the molecule is CCS(=O)(=O)C(Cl)(I)C(=O)c1ccc(OC)cc1. The van der Waals surface area contributed by atoms with Gasteiger partial charge in [-0.15, -0.1) is 0 Å². The molecule has 0 bridgehead atoms. The lowest BCUT2D eigenvalue weighted by Gasteiger charge is -2.18. The predicted octanol–water partition coefficient (Wildman–Crippen LogP) is 2.64. The lowest BCUT2D eigenvalue weighted by Crippen LogP contribution is -2.36. The van der Waals surface area contributed by atoms with Crippen LogP contribution in [0.1, 0.15) is 17.3 Å². The second kappa shape index (κ2) is 5.75. The fourth-order valence-electron chi connectivity index (χ4n) is 1.23. The van der Waals surface area contributed by atoms with Crippen LogP contribution < -0.4 is 4.74 Å². The number of ketones is 1. The van der Waals surface area contributed by atoms with Crippen molar-refractivity contribution in [2.75, 3.05) is 12.9 Å². The van der Waals surface area contributed by atoms with Gasteiger partial charge in [0, 0.05) is 5.56 Å². The Hall–Kier alpha value is -0.340.